The zero-order chi connectivity index (χ0) is 15.7. The molecule has 1 saturated carbocycles. The van der Waals surface area contributed by atoms with Crippen LogP contribution in [0.2, 0.25) is 0 Å². The summed E-state index contributed by atoms with van der Waals surface area (Å²) in [5.41, 5.74) is -0.798. The van der Waals surface area contributed by atoms with Gasteiger partial charge in [0, 0.05) is 13.1 Å². The maximum atomic E-state index is 12.5. The minimum absolute atomic E-state index is 0.106. The van der Waals surface area contributed by atoms with Crippen LogP contribution in [0.25, 0.3) is 0 Å². The molecule has 0 bridgehead atoms. The molecule has 2 heterocycles. The lowest BCUT2D eigenvalue weighted by Gasteiger charge is -2.26. The van der Waals surface area contributed by atoms with Crippen LogP contribution in [0.1, 0.15) is 51.9 Å². The maximum absolute atomic E-state index is 12.5. The van der Waals surface area contributed by atoms with E-state index in [0.717, 1.165) is 56.5 Å². The largest absolute Gasteiger partial charge is 0.341 e. The number of rotatable bonds is 3. The highest BCUT2D eigenvalue weighted by Gasteiger charge is 2.56. The summed E-state index contributed by atoms with van der Waals surface area (Å²) in [6.45, 7) is 3.14. The van der Waals surface area contributed by atoms with Gasteiger partial charge in [-0.05, 0) is 38.5 Å². The van der Waals surface area contributed by atoms with Crippen molar-refractivity contribution in [3.63, 3.8) is 0 Å². The van der Waals surface area contributed by atoms with Crippen LogP contribution >= 0.6 is 0 Å². The molecule has 3 fully saturated rings. The minimum atomic E-state index is -0.798. The van der Waals surface area contributed by atoms with Gasteiger partial charge >= 0.3 is 6.03 Å². The lowest BCUT2D eigenvalue weighted by molar-refractivity contribution is -0.139. The molecule has 6 nitrogen and oxygen atoms in total. The fraction of sp³-hybridized carbons (Fsp3) is 0.812. The summed E-state index contributed by atoms with van der Waals surface area (Å²) in [4.78, 5) is 40.0. The molecule has 1 aliphatic carbocycles. The summed E-state index contributed by atoms with van der Waals surface area (Å²) in [7, 11) is 0. The van der Waals surface area contributed by atoms with Crippen LogP contribution in [0.15, 0.2) is 0 Å². The fourth-order valence-electron chi connectivity index (χ4n) is 3.53. The summed E-state index contributed by atoms with van der Waals surface area (Å²) in [5, 5.41) is 2.79. The minimum Gasteiger partial charge on any atom is -0.341 e. The van der Waals surface area contributed by atoms with Crippen molar-refractivity contribution in [1.29, 1.82) is 0 Å². The average molecular weight is 307 g/mol. The molecule has 0 aromatic carbocycles. The van der Waals surface area contributed by atoms with Gasteiger partial charge < -0.3 is 10.2 Å². The van der Waals surface area contributed by atoms with Crippen molar-refractivity contribution in [3.05, 3.63) is 0 Å². The third-order valence-corrected chi connectivity index (χ3v) is 5.20. The molecule has 4 amide bonds. The molecule has 122 valence electrons. The standard InChI is InChI=1S/C16H25N3O3/c1-16(12-7-8-12)14(21)19(15(22)17-16)11-13(20)18-9-5-3-2-4-6-10-18/h12H,2-11H2,1H3,(H,17,22)/t16-/m0/s1. The van der Waals surface area contributed by atoms with Crippen LogP contribution in [0.3, 0.4) is 0 Å². The van der Waals surface area contributed by atoms with Gasteiger partial charge in [0.25, 0.3) is 5.91 Å². The van der Waals surface area contributed by atoms with Crippen molar-refractivity contribution in [2.24, 2.45) is 5.92 Å². The molecule has 3 rings (SSSR count). The van der Waals surface area contributed by atoms with E-state index >= 15 is 0 Å². The van der Waals surface area contributed by atoms with Crippen molar-refractivity contribution in [1.82, 2.24) is 15.1 Å². The number of likely N-dealkylation sites (tertiary alicyclic amines) is 1. The van der Waals surface area contributed by atoms with Gasteiger partial charge in [0.1, 0.15) is 12.1 Å². The van der Waals surface area contributed by atoms with E-state index in [4.69, 9.17) is 0 Å². The molecule has 3 aliphatic rings. The van der Waals surface area contributed by atoms with Gasteiger partial charge in [0.2, 0.25) is 5.91 Å². The summed E-state index contributed by atoms with van der Waals surface area (Å²) in [6, 6.07) is -0.417. The molecule has 2 aliphatic heterocycles. The van der Waals surface area contributed by atoms with E-state index in [2.05, 4.69) is 5.32 Å². The number of carbonyl (C=O) groups is 3. The Kier molecular flexibility index (Phi) is 4.10. The van der Waals surface area contributed by atoms with Crippen LogP contribution < -0.4 is 5.32 Å². The molecular weight excluding hydrogens is 282 g/mol. The van der Waals surface area contributed by atoms with Crippen molar-refractivity contribution in [3.8, 4) is 0 Å². The Balaban J connectivity index is 1.63. The van der Waals surface area contributed by atoms with Crippen LogP contribution in [0.5, 0.6) is 0 Å². The zero-order valence-electron chi connectivity index (χ0n) is 13.3. The Hall–Kier alpha value is -1.59. The molecule has 2 saturated heterocycles. The first-order valence-electron chi connectivity index (χ1n) is 8.44. The molecule has 0 radical (unpaired) electrons. The first-order valence-corrected chi connectivity index (χ1v) is 8.44. The molecule has 1 atom stereocenters. The number of nitrogens with one attached hydrogen (secondary N) is 1. The summed E-state index contributed by atoms with van der Waals surface area (Å²) in [5.74, 6) is -0.114. The third-order valence-electron chi connectivity index (χ3n) is 5.20. The highest BCUT2D eigenvalue weighted by Crippen LogP contribution is 2.42. The van der Waals surface area contributed by atoms with E-state index in [-0.39, 0.29) is 24.3 Å². The topological polar surface area (TPSA) is 69.7 Å². The van der Waals surface area contributed by atoms with Crippen molar-refractivity contribution in [2.75, 3.05) is 19.6 Å². The second-order valence-corrected chi connectivity index (χ2v) is 6.95. The van der Waals surface area contributed by atoms with E-state index in [9.17, 15) is 14.4 Å². The van der Waals surface area contributed by atoms with E-state index < -0.39 is 11.6 Å². The van der Waals surface area contributed by atoms with Crippen LogP contribution in [0.4, 0.5) is 4.79 Å². The first-order chi connectivity index (χ1) is 10.5. The summed E-state index contributed by atoms with van der Waals surface area (Å²) < 4.78 is 0. The normalized spacial score (nSPS) is 30.0. The predicted octanol–water partition coefficient (Wildman–Crippen LogP) is 1.50. The van der Waals surface area contributed by atoms with Gasteiger partial charge in [-0.1, -0.05) is 19.3 Å². The number of urea groups is 1. The van der Waals surface area contributed by atoms with Gasteiger partial charge in [-0.15, -0.1) is 0 Å². The molecule has 0 aromatic heterocycles. The van der Waals surface area contributed by atoms with Gasteiger partial charge in [-0.2, -0.15) is 0 Å². The Morgan fingerprint density at radius 2 is 1.73 bits per heavy atom. The Morgan fingerprint density at radius 1 is 1.14 bits per heavy atom. The number of hydrogen-bond acceptors (Lipinski definition) is 3. The molecule has 0 spiro atoms. The van der Waals surface area contributed by atoms with Crippen molar-refractivity contribution < 1.29 is 14.4 Å². The Morgan fingerprint density at radius 3 is 2.32 bits per heavy atom. The third kappa shape index (κ3) is 2.83. The second kappa shape index (κ2) is 5.89. The smallest absolute Gasteiger partial charge is 0.325 e. The number of carbonyl (C=O) groups excluding carboxylic acids is 3. The van der Waals surface area contributed by atoms with Gasteiger partial charge in [0.15, 0.2) is 0 Å². The van der Waals surface area contributed by atoms with Crippen molar-refractivity contribution in [2.45, 2.75) is 57.4 Å². The first kappa shape index (κ1) is 15.3. The van der Waals surface area contributed by atoms with Crippen LogP contribution in [-0.2, 0) is 9.59 Å². The molecule has 1 N–H and O–H groups in total. The number of imide groups is 1. The zero-order valence-corrected chi connectivity index (χ0v) is 13.3. The highest BCUT2D eigenvalue weighted by atomic mass is 16.2. The lowest BCUT2D eigenvalue weighted by Crippen LogP contribution is -2.47. The fourth-order valence-corrected chi connectivity index (χ4v) is 3.53. The Labute approximate surface area is 131 Å². The lowest BCUT2D eigenvalue weighted by atomic mass is 9.96. The molecule has 6 heteroatoms. The molecule has 22 heavy (non-hydrogen) atoms. The average Bonchev–Trinajstić information content (AvgIpc) is 3.24. The molecule has 0 aromatic rings. The van der Waals surface area contributed by atoms with Crippen LogP contribution in [0, 0.1) is 5.92 Å². The molecule has 0 unspecified atom stereocenters. The van der Waals surface area contributed by atoms with E-state index in [1.54, 1.807) is 6.92 Å². The number of amides is 4. The quantitative estimate of drug-likeness (QED) is 0.803. The van der Waals surface area contributed by atoms with Gasteiger partial charge in [-0.3, -0.25) is 14.5 Å². The number of nitrogens with zero attached hydrogens (tertiary/aromatic N) is 2. The predicted molar refractivity (Wildman–Crippen MR) is 81.0 cm³/mol. The van der Waals surface area contributed by atoms with E-state index in [0.29, 0.717) is 0 Å². The molecular formula is C16H25N3O3. The van der Waals surface area contributed by atoms with Crippen LogP contribution in [-0.4, -0.2) is 52.8 Å². The Bertz CT molecular complexity index is 481. The SMILES string of the molecule is C[C@@]1(C2CC2)NC(=O)N(CC(=O)N2CCCCCCC2)C1=O. The van der Waals surface area contributed by atoms with E-state index in [1.807, 2.05) is 4.90 Å². The van der Waals surface area contributed by atoms with Gasteiger partial charge in [0.05, 0.1) is 0 Å². The van der Waals surface area contributed by atoms with Gasteiger partial charge in [-0.25, -0.2) is 4.79 Å². The summed E-state index contributed by atoms with van der Waals surface area (Å²) in [6.07, 6.45) is 7.47. The van der Waals surface area contributed by atoms with E-state index in [1.165, 1.54) is 6.42 Å². The highest BCUT2D eigenvalue weighted by molar-refractivity contribution is 6.09. The summed E-state index contributed by atoms with van der Waals surface area (Å²) >= 11 is 0. The maximum Gasteiger partial charge on any atom is 0.325 e. The second-order valence-electron chi connectivity index (χ2n) is 6.95. The number of hydrogen-bond donors (Lipinski definition) is 1. The monoisotopic (exact) mass is 307 g/mol. The van der Waals surface area contributed by atoms with Crippen molar-refractivity contribution >= 4 is 17.8 Å².